The second-order valence-electron chi connectivity index (χ2n) is 5.04. The average molecular weight is 258 g/mol. The van der Waals surface area contributed by atoms with E-state index in [2.05, 4.69) is 0 Å². The molecule has 3 rings (SSSR count). The van der Waals surface area contributed by atoms with E-state index in [9.17, 15) is 9.59 Å². The molecular weight excluding hydrogens is 244 g/mol. The van der Waals surface area contributed by atoms with E-state index < -0.39 is 5.63 Å². The minimum Gasteiger partial charge on any atom is -0.497 e. The molecule has 0 radical (unpaired) electrons. The number of carbonyl (C=O) groups excluding carboxylic acids is 1. The number of ketones is 1. The van der Waals surface area contributed by atoms with E-state index >= 15 is 0 Å². The van der Waals surface area contributed by atoms with E-state index in [0.29, 0.717) is 40.7 Å². The summed E-state index contributed by atoms with van der Waals surface area (Å²) in [6.45, 7) is 1.99. The number of Topliss-reactive ketones (excluding diaryl/α,β-unsaturated/α-hetero) is 1. The van der Waals surface area contributed by atoms with E-state index in [1.54, 1.807) is 18.2 Å². The van der Waals surface area contributed by atoms with Gasteiger partial charge >= 0.3 is 5.63 Å². The van der Waals surface area contributed by atoms with Crippen LogP contribution in [0, 0.1) is 5.92 Å². The van der Waals surface area contributed by atoms with Crippen molar-refractivity contribution in [3.05, 3.63) is 39.9 Å². The topological polar surface area (TPSA) is 56.5 Å². The number of hydrogen-bond donors (Lipinski definition) is 0. The van der Waals surface area contributed by atoms with Crippen LogP contribution in [0.5, 0.6) is 5.75 Å². The molecule has 0 spiro atoms. The molecule has 4 heteroatoms. The molecule has 0 saturated carbocycles. The van der Waals surface area contributed by atoms with Crippen molar-refractivity contribution in [2.45, 2.75) is 19.8 Å². The van der Waals surface area contributed by atoms with Crippen molar-refractivity contribution < 1.29 is 13.9 Å². The maximum absolute atomic E-state index is 12.2. The fourth-order valence-corrected chi connectivity index (χ4v) is 2.66. The largest absolute Gasteiger partial charge is 0.497 e. The molecule has 4 nitrogen and oxygen atoms in total. The summed E-state index contributed by atoms with van der Waals surface area (Å²) in [7, 11) is 1.54. The van der Waals surface area contributed by atoms with E-state index in [4.69, 9.17) is 9.15 Å². The molecule has 2 aromatic rings. The molecule has 1 atom stereocenters. The average Bonchev–Trinajstić information content (AvgIpc) is 2.37. The molecule has 1 heterocycles. The van der Waals surface area contributed by atoms with Crippen LogP contribution < -0.4 is 10.4 Å². The zero-order chi connectivity index (χ0) is 13.6. The Kier molecular flexibility index (Phi) is 2.66. The summed E-state index contributed by atoms with van der Waals surface area (Å²) in [4.78, 5) is 24.2. The van der Waals surface area contributed by atoms with Crippen molar-refractivity contribution in [3.8, 4) is 5.75 Å². The maximum atomic E-state index is 12.2. The zero-order valence-electron chi connectivity index (χ0n) is 10.9. The van der Waals surface area contributed by atoms with Crippen LogP contribution in [0.4, 0.5) is 0 Å². The molecule has 19 heavy (non-hydrogen) atoms. The second-order valence-corrected chi connectivity index (χ2v) is 5.04. The third-order valence-corrected chi connectivity index (χ3v) is 3.56. The molecule has 0 N–H and O–H groups in total. The summed E-state index contributed by atoms with van der Waals surface area (Å²) in [5.74, 6) is 1.37. The molecule has 0 saturated heterocycles. The van der Waals surface area contributed by atoms with Crippen molar-refractivity contribution in [1.82, 2.24) is 0 Å². The summed E-state index contributed by atoms with van der Waals surface area (Å²) in [5.41, 5.74) is 0.157. The highest BCUT2D eigenvalue weighted by atomic mass is 16.5. The van der Waals surface area contributed by atoms with Crippen LogP contribution in [0.2, 0.25) is 0 Å². The predicted molar refractivity (Wildman–Crippen MR) is 70.9 cm³/mol. The Hall–Kier alpha value is -2.10. The number of rotatable bonds is 1. The predicted octanol–water partition coefficient (Wildman–Crippen LogP) is 2.57. The summed E-state index contributed by atoms with van der Waals surface area (Å²) in [6, 6.07) is 5.14. The van der Waals surface area contributed by atoms with Crippen molar-refractivity contribution in [3.63, 3.8) is 0 Å². The third-order valence-electron chi connectivity index (χ3n) is 3.56. The summed E-state index contributed by atoms with van der Waals surface area (Å²) in [6.07, 6.45) is 1.14. The van der Waals surface area contributed by atoms with Gasteiger partial charge in [-0.3, -0.25) is 4.79 Å². The minimum absolute atomic E-state index is 0.0488. The fourth-order valence-electron chi connectivity index (χ4n) is 2.66. The van der Waals surface area contributed by atoms with Crippen molar-refractivity contribution >= 4 is 16.6 Å². The van der Waals surface area contributed by atoms with Crippen molar-refractivity contribution in [2.75, 3.05) is 7.11 Å². The Morgan fingerprint density at radius 2 is 2.00 bits per heavy atom. The lowest BCUT2D eigenvalue weighted by molar-refractivity contribution is 0.0947. The van der Waals surface area contributed by atoms with E-state index in [1.165, 1.54) is 7.11 Å². The third kappa shape index (κ3) is 1.84. The van der Waals surface area contributed by atoms with Gasteiger partial charge in [-0.25, -0.2) is 4.79 Å². The summed E-state index contributed by atoms with van der Waals surface area (Å²) >= 11 is 0. The van der Waals surface area contributed by atoms with Gasteiger partial charge in [-0.05, 0) is 24.1 Å². The van der Waals surface area contributed by atoms with Crippen LogP contribution in [0.3, 0.4) is 0 Å². The molecule has 1 aliphatic carbocycles. The number of hydrogen-bond acceptors (Lipinski definition) is 4. The van der Waals surface area contributed by atoms with Crippen molar-refractivity contribution in [1.29, 1.82) is 0 Å². The lowest BCUT2D eigenvalue weighted by atomic mass is 9.86. The van der Waals surface area contributed by atoms with Gasteiger partial charge in [-0.2, -0.15) is 0 Å². The van der Waals surface area contributed by atoms with E-state index in [-0.39, 0.29) is 11.7 Å². The molecule has 98 valence electrons. The van der Waals surface area contributed by atoms with Crippen LogP contribution in [0.15, 0.2) is 27.4 Å². The minimum atomic E-state index is -0.408. The van der Waals surface area contributed by atoms with Gasteiger partial charge in [0.25, 0.3) is 0 Å². The maximum Gasteiger partial charge on any atom is 0.344 e. The van der Waals surface area contributed by atoms with Crippen molar-refractivity contribution in [2.24, 2.45) is 5.92 Å². The number of benzene rings is 1. The Morgan fingerprint density at radius 1 is 1.21 bits per heavy atom. The molecular formula is C15H14O4. The first kappa shape index (κ1) is 12.0. The number of ether oxygens (including phenoxy) is 1. The molecule has 0 amide bonds. The van der Waals surface area contributed by atoms with Gasteiger partial charge in [0.05, 0.1) is 18.1 Å². The molecule has 0 bridgehead atoms. The summed E-state index contributed by atoms with van der Waals surface area (Å²) < 4.78 is 10.4. The standard InChI is InChI=1S/C15H14O4/c1-8-5-12(16)14-10-4-3-9(18-2)7-11(10)15(17)19-13(14)6-8/h3-4,7-8H,5-6H2,1-2H3. The quantitative estimate of drug-likeness (QED) is 0.788. The first-order chi connectivity index (χ1) is 9.10. The van der Waals surface area contributed by atoms with Crippen LogP contribution >= 0.6 is 0 Å². The smallest absolute Gasteiger partial charge is 0.344 e. The van der Waals surface area contributed by atoms with Crippen LogP contribution in [-0.2, 0) is 6.42 Å². The number of methoxy groups -OCH3 is 1. The molecule has 0 fully saturated rings. The Labute approximate surface area is 110 Å². The highest BCUT2D eigenvalue weighted by Gasteiger charge is 2.27. The lowest BCUT2D eigenvalue weighted by Crippen LogP contribution is -2.21. The summed E-state index contributed by atoms with van der Waals surface area (Å²) in [5, 5.41) is 1.07. The van der Waals surface area contributed by atoms with E-state index in [0.717, 1.165) is 0 Å². The highest BCUT2D eigenvalue weighted by Crippen LogP contribution is 2.31. The molecule has 0 aliphatic heterocycles. The second kappa shape index (κ2) is 4.23. The number of fused-ring (bicyclic) bond motifs is 3. The molecule has 1 aromatic heterocycles. The van der Waals surface area contributed by atoms with Crippen LogP contribution in [-0.4, -0.2) is 12.9 Å². The van der Waals surface area contributed by atoms with Gasteiger partial charge < -0.3 is 9.15 Å². The molecule has 1 aliphatic rings. The van der Waals surface area contributed by atoms with Gasteiger partial charge in [-0.15, -0.1) is 0 Å². The Balaban J connectivity index is 2.36. The van der Waals surface area contributed by atoms with Gasteiger partial charge in [0.1, 0.15) is 11.5 Å². The SMILES string of the molecule is COc1ccc2c3c(oc(=O)c2c1)CC(C)CC3=O. The fraction of sp³-hybridized carbons (Fsp3) is 0.333. The first-order valence-corrected chi connectivity index (χ1v) is 6.27. The zero-order valence-corrected chi connectivity index (χ0v) is 10.9. The first-order valence-electron chi connectivity index (χ1n) is 6.27. The molecule has 1 unspecified atom stereocenters. The van der Waals surface area contributed by atoms with Gasteiger partial charge in [0.2, 0.25) is 0 Å². The van der Waals surface area contributed by atoms with Crippen LogP contribution in [0.1, 0.15) is 29.5 Å². The lowest BCUT2D eigenvalue weighted by Gasteiger charge is -2.20. The number of carbonyl (C=O) groups is 1. The Morgan fingerprint density at radius 3 is 2.74 bits per heavy atom. The monoisotopic (exact) mass is 258 g/mol. The molecule has 1 aromatic carbocycles. The van der Waals surface area contributed by atoms with E-state index in [1.807, 2.05) is 6.92 Å². The highest BCUT2D eigenvalue weighted by molar-refractivity contribution is 6.09. The van der Waals surface area contributed by atoms with Gasteiger partial charge in [0.15, 0.2) is 5.78 Å². The van der Waals surface area contributed by atoms with Gasteiger partial charge in [0, 0.05) is 18.2 Å². The Bertz CT molecular complexity index is 727. The van der Waals surface area contributed by atoms with Gasteiger partial charge in [-0.1, -0.05) is 6.92 Å². The normalized spacial score (nSPS) is 18.4. The van der Waals surface area contributed by atoms with Crippen LogP contribution in [0.25, 0.3) is 10.8 Å².